The molecule has 1 saturated heterocycles. The van der Waals surface area contributed by atoms with Crippen LogP contribution < -0.4 is 5.32 Å². The summed E-state index contributed by atoms with van der Waals surface area (Å²) in [5, 5.41) is 7.92. The van der Waals surface area contributed by atoms with Crippen LogP contribution in [0.5, 0.6) is 0 Å². The number of aromatic nitrogens is 2. The average Bonchev–Trinajstić information content (AvgIpc) is 3.10. The third-order valence-corrected chi connectivity index (χ3v) is 4.34. The highest BCUT2D eigenvalue weighted by molar-refractivity contribution is 7.10. The maximum Gasteiger partial charge on any atom is 0.322 e. The Morgan fingerprint density at radius 1 is 1.45 bits per heavy atom. The molecule has 1 fully saturated rings. The quantitative estimate of drug-likeness (QED) is 0.926. The molecule has 1 aromatic carbocycles. The van der Waals surface area contributed by atoms with Crippen LogP contribution in [0.2, 0.25) is 5.02 Å². The summed E-state index contributed by atoms with van der Waals surface area (Å²) in [6, 6.07) is 7.71. The van der Waals surface area contributed by atoms with E-state index in [0.717, 1.165) is 23.6 Å². The molecule has 0 radical (unpaired) electrons. The molecule has 2 aromatic rings. The van der Waals surface area contributed by atoms with Crippen molar-refractivity contribution in [3.05, 3.63) is 41.0 Å². The number of likely N-dealkylation sites (tertiary alicyclic amines) is 1. The van der Waals surface area contributed by atoms with Crippen LogP contribution in [-0.4, -0.2) is 33.6 Å². The zero-order chi connectivity index (χ0) is 13.9. The Morgan fingerprint density at radius 3 is 3.05 bits per heavy atom. The lowest BCUT2D eigenvalue weighted by molar-refractivity contribution is 0.222. The molecule has 7 heteroatoms. The minimum Gasteiger partial charge on any atom is -0.324 e. The molecule has 1 aromatic heterocycles. The van der Waals surface area contributed by atoms with Crippen LogP contribution in [-0.2, 0) is 0 Å². The van der Waals surface area contributed by atoms with E-state index in [-0.39, 0.29) is 6.03 Å². The molecule has 1 N–H and O–H groups in total. The summed E-state index contributed by atoms with van der Waals surface area (Å²) < 4.78 is 3.72. The first-order valence-corrected chi connectivity index (χ1v) is 7.47. The Labute approximate surface area is 125 Å². The predicted octanol–water partition coefficient (Wildman–Crippen LogP) is 3.21. The van der Waals surface area contributed by atoms with Gasteiger partial charge < -0.3 is 4.90 Å². The number of nitrogens with one attached hydrogen (secondary N) is 1. The number of benzene rings is 1. The molecule has 0 bridgehead atoms. The Bertz CT molecular complexity index is 604. The first-order valence-electron chi connectivity index (χ1n) is 6.32. The molecule has 104 valence electrons. The summed E-state index contributed by atoms with van der Waals surface area (Å²) in [6.45, 7) is 1.41. The van der Waals surface area contributed by atoms with Crippen LogP contribution in [0.25, 0.3) is 0 Å². The van der Waals surface area contributed by atoms with Crippen LogP contribution in [0.15, 0.2) is 30.5 Å². The number of hydrogen-bond acceptors (Lipinski definition) is 4. The van der Waals surface area contributed by atoms with Crippen LogP contribution >= 0.6 is 23.1 Å². The number of carbonyl (C=O) groups excluding carboxylic acids is 1. The Balaban J connectivity index is 1.65. The van der Waals surface area contributed by atoms with E-state index in [2.05, 4.69) is 14.9 Å². The van der Waals surface area contributed by atoms with E-state index >= 15 is 0 Å². The van der Waals surface area contributed by atoms with E-state index in [9.17, 15) is 4.79 Å². The third kappa shape index (κ3) is 2.76. The van der Waals surface area contributed by atoms with Crippen molar-refractivity contribution in [1.29, 1.82) is 0 Å². The van der Waals surface area contributed by atoms with Crippen molar-refractivity contribution in [2.24, 2.45) is 0 Å². The van der Waals surface area contributed by atoms with E-state index in [0.29, 0.717) is 17.5 Å². The van der Waals surface area contributed by atoms with E-state index < -0.39 is 0 Å². The lowest BCUT2D eigenvalue weighted by Crippen LogP contribution is -2.32. The molecular weight excluding hydrogens is 296 g/mol. The molecule has 0 aliphatic carbocycles. The molecule has 1 atom stereocenters. The van der Waals surface area contributed by atoms with Crippen molar-refractivity contribution in [3.63, 3.8) is 0 Å². The highest BCUT2D eigenvalue weighted by Crippen LogP contribution is 2.32. The molecule has 1 unspecified atom stereocenters. The van der Waals surface area contributed by atoms with Gasteiger partial charge in [0, 0.05) is 35.6 Å². The number of carbonyl (C=O) groups is 1. The van der Waals surface area contributed by atoms with Crippen molar-refractivity contribution in [2.45, 2.75) is 12.3 Å². The Morgan fingerprint density at radius 2 is 2.30 bits per heavy atom. The van der Waals surface area contributed by atoms with Gasteiger partial charge in [-0.3, -0.25) is 5.32 Å². The van der Waals surface area contributed by atoms with E-state index in [4.69, 9.17) is 11.6 Å². The summed E-state index contributed by atoms with van der Waals surface area (Å²) in [5.41, 5.74) is 1.11. The molecule has 1 aliphatic heterocycles. The minimum absolute atomic E-state index is 0.106. The fraction of sp³-hybridized carbons (Fsp3) is 0.308. The lowest BCUT2D eigenvalue weighted by atomic mass is 9.98. The normalized spacial score (nSPS) is 18.2. The topological polar surface area (TPSA) is 58.1 Å². The summed E-state index contributed by atoms with van der Waals surface area (Å²) >= 11 is 7.38. The molecule has 3 rings (SSSR count). The van der Waals surface area contributed by atoms with Crippen molar-refractivity contribution < 1.29 is 4.79 Å². The van der Waals surface area contributed by atoms with Gasteiger partial charge in [0.2, 0.25) is 0 Å². The molecule has 5 nitrogen and oxygen atoms in total. The van der Waals surface area contributed by atoms with Crippen molar-refractivity contribution in [3.8, 4) is 0 Å². The second kappa shape index (κ2) is 5.76. The van der Waals surface area contributed by atoms with E-state index in [1.807, 2.05) is 24.3 Å². The molecular formula is C13H13ClN4OS. The van der Waals surface area contributed by atoms with E-state index in [1.54, 1.807) is 11.1 Å². The molecule has 0 saturated carbocycles. The monoisotopic (exact) mass is 308 g/mol. The van der Waals surface area contributed by atoms with Crippen LogP contribution in [0.3, 0.4) is 0 Å². The fourth-order valence-electron chi connectivity index (χ4n) is 2.41. The number of hydrogen-bond donors (Lipinski definition) is 1. The van der Waals surface area contributed by atoms with Crippen LogP contribution in [0.1, 0.15) is 17.9 Å². The molecule has 2 amide bonds. The van der Waals surface area contributed by atoms with Gasteiger partial charge in [0.25, 0.3) is 0 Å². The molecule has 0 spiro atoms. The van der Waals surface area contributed by atoms with Crippen LogP contribution in [0, 0.1) is 0 Å². The number of nitrogens with zero attached hydrogens (tertiary/aromatic N) is 3. The zero-order valence-corrected chi connectivity index (χ0v) is 12.2. The first kappa shape index (κ1) is 13.3. The van der Waals surface area contributed by atoms with Crippen LogP contribution in [0.4, 0.5) is 9.80 Å². The van der Waals surface area contributed by atoms with Gasteiger partial charge >= 0.3 is 6.03 Å². The largest absolute Gasteiger partial charge is 0.324 e. The predicted molar refractivity (Wildman–Crippen MR) is 79.3 cm³/mol. The first-order chi connectivity index (χ1) is 9.74. The molecule has 1 aliphatic rings. The summed E-state index contributed by atoms with van der Waals surface area (Å²) in [5.74, 6) is 0.300. The lowest BCUT2D eigenvalue weighted by Gasteiger charge is -2.17. The second-order valence-electron chi connectivity index (χ2n) is 4.67. The highest BCUT2D eigenvalue weighted by atomic mass is 35.5. The summed E-state index contributed by atoms with van der Waals surface area (Å²) in [6.07, 6.45) is 2.47. The van der Waals surface area contributed by atoms with Gasteiger partial charge in [-0.05, 0) is 18.1 Å². The van der Waals surface area contributed by atoms with Gasteiger partial charge in [0.05, 0.1) is 6.20 Å². The van der Waals surface area contributed by atoms with E-state index in [1.165, 1.54) is 11.5 Å². The minimum atomic E-state index is -0.106. The van der Waals surface area contributed by atoms with Crippen molar-refractivity contribution >= 4 is 34.2 Å². The van der Waals surface area contributed by atoms with Gasteiger partial charge in [0.1, 0.15) is 5.00 Å². The van der Waals surface area contributed by atoms with Gasteiger partial charge in [-0.2, -0.15) is 0 Å². The summed E-state index contributed by atoms with van der Waals surface area (Å²) in [4.78, 5) is 13.9. The maximum atomic E-state index is 12.1. The fourth-order valence-corrected chi connectivity index (χ4v) is 3.11. The average molecular weight is 309 g/mol. The zero-order valence-electron chi connectivity index (χ0n) is 10.6. The Hall–Kier alpha value is -1.66. The number of rotatable bonds is 2. The van der Waals surface area contributed by atoms with Crippen molar-refractivity contribution in [2.75, 3.05) is 18.4 Å². The van der Waals surface area contributed by atoms with Gasteiger partial charge in [0.15, 0.2) is 0 Å². The number of amides is 2. The molecule has 2 heterocycles. The maximum absolute atomic E-state index is 12.1. The standard InChI is InChI=1S/C13H13ClN4OS/c14-11-4-2-1-3-10(11)9-5-6-18(8-9)13(19)16-12-7-15-17-20-12/h1-4,7,9H,5-6,8H2,(H,16,19). The van der Waals surface area contributed by atoms with Crippen molar-refractivity contribution in [1.82, 2.24) is 14.5 Å². The Kier molecular flexibility index (Phi) is 3.84. The number of urea groups is 1. The SMILES string of the molecule is O=C(Nc1cnns1)N1CCC(c2ccccc2Cl)C1. The second-order valence-corrected chi connectivity index (χ2v) is 5.86. The highest BCUT2D eigenvalue weighted by Gasteiger charge is 2.28. The van der Waals surface area contributed by atoms with Gasteiger partial charge in [-0.25, -0.2) is 4.79 Å². The summed E-state index contributed by atoms with van der Waals surface area (Å²) in [7, 11) is 0. The van der Waals surface area contributed by atoms with Gasteiger partial charge in [-0.1, -0.05) is 34.3 Å². The number of halogens is 1. The smallest absolute Gasteiger partial charge is 0.322 e. The third-order valence-electron chi connectivity index (χ3n) is 3.41. The van der Waals surface area contributed by atoms with Gasteiger partial charge in [-0.15, -0.1) is 5.10 Å². The number of anilines is 1. The molecule has 20 heavy (non-hydrogen) atoms.